The first-order valence-corrected chi connectivity index (χ1v) is 9.75. The molecular weight excluding hydrogens is 368 g/mol. The number of rotatable bonds is 5. The Kier molecular flexibility index (Phi) is 7.00. The molecule has 0 aromatic carbocycles. The van der Waals surface area contributed by atoms with Crippen molar-refractivity contribution in [3.05, 3.63) is 0 Å². The quantitative estimate of drug-likeness (QED) is 0.542. The average Bonchev–Trinajstić information content (AvgIpc) is 2.89. The minimum Gasteiger partial charge on any atom is -0.465 e. The minimum absolute atomic E-state index is 0.00187. The Morgan fingerprint density at radius 3 is 2.28 bits per heavy atom. The van der Waals surface area contributed by atoms with E-state index in [4.69, 9.17) is 14.2 Å². The number of nitrogens with zero attached hydrogens (tertiary/aromatic N) is 1. The number of hydrogen-bond donors (Lipinski definition) is 1. The van der Waals surface area contributed by atoms with Gasteiger partial charge in [-0.25, -0.2) is 0 Å². The molecule has 10 heteroatoms. The molecule has 0 aromatic rings. The van der Waals surface area contributed by atoms with Gasteiger partial charge in [0, 0.05) is 27.3 Å². The Hall–Kier alpha value is -1.42. The van der Waals surface area contributed by atoms with Gasteiger partial charge in [-0.2, -0.15) is 0 Å². The van der Waals surface area contributed by atoms with Crippen LogP contribution in [-0.2, 0) is 28.6 Å². The number of nitrogens with one attached hydrogen (secondary N) is 1. The number of fused-ring (bicyclic) bond motifs is 1. The molecule has 2 heterocycles. The molecule has 0 saturated carbocycles. The third-order valence-corrected chi connectivity index (χ3v) is 6.45. The van der Waals surface area contributed by atoms with Crippen LogP contribution in [0.4, 0.5) is 0 Å². The van der Waals surface area contributed by atoms with E-state index in [1.165, 1.54) is 44.3 Å². The van der Waals surface area contributed by atoms with Gasteiger partial charge in [-0.05, 0) is 6.92 Å². The van der Waals surface area contributed by atoms with Crippen LogP contribution >= 0.6 is 23.5 Å². The maximum atomic E-state index is 11.6. The van der Waals surface area contributed by atoms with Gasteiger partial charge >= 0.3 is 17.9 Å². The molecule has 0 spiro atoms. The van der Waals surface area contributed by atoms with Gasteiger partial charge in [-0.3, -0.25) is 19.4 Å². The van der Waals surface area contributed by atoms with Crippen molar-refractivity contribution in [3.63, 3.8) is 0 Å². The molecule has 25 heavy (non-hydrogen) atoms. The first-order valence-electron chi connectivity index (χ1n) is 7.92. The van der Waals surface area contributed by atoms with E-state index in [1.807, 2.05) is 6.92 Å². The Bertz CT molecular complexity index is 570. The molecule has 5 atom stereocenters. The summed E-state index contributed by atoms with van der Waals surface area (Å²) >= 11 is 3.07. The standard InChI is InChI=1S/C15H22N2O6S2/c1-5-16-15-17-11-13(23-9(4)20)12(22-8(3)19)10(6-21-7(2)18)24-14(11)25-15/h10-14H,5-6H2,1-4H3,(H,16,17)/t10-,11-,12-,13-,14-/m1/s1. The zero-order valence-electron chi connectivity index (χ0n) is 14.5. The Labute approximate surface area is 154 Å². The molecule has 2 aliphatic heterocycles. The molecule has 0 radical (unpaired) electrons. The minimum atomic E-state index is -0.721. The maximum absolute atomic E-state index is 11.6. The first-order chi connectivity index (χ1) is 11.8. The fourth-order valence-corrected chi connectivity index (χ4v) is 5.84. The van der Waals surface area contributed by atoms with Gasteiger partial charge in [0.15, 0.2) is 17.4 Å². The molecule has 0 bridgehead atoms. The van der Waals surface area contributed by atoms with Gasteiger partial charge in [-0.15, -0.1) is 11.8 Å². The van der Waals surface area contributed by atoms with E-state index in [-0.39, 0.29) is 22.5 Å². The number of carbonyl (C=O) groups is 3. The zero-order valence-corrected chi connectivity index (χ0v) is 16.1. The number of carbonyl (C=O) groups excluding carboxylic acids is 3. The second kappa shape index (κ2) is 8.79. The van der Waals surface area contributed by atoms with Crippen molar-refractivity contribution in [1.29, 1.82) is 0 Å². The van der Waals surface area contributed by atoms with Gasteiger partial charge in [0.05, 0.1) is 15.9 Å². The average molecular weight is 390 g/mol. The summed E-state index contributed by atoms with van der Waals surface area (Å²) in [5.41, 5.74) is 0. The fourth-order valence-electron chi connectivity index (χ4n) is 2.67. The van der Waals surface area contributed by atoms with Crippen molar-refractivity contribution < 1.29 is 28.6 Å². The highest BCUT2D eigenvalue weighted by Gasteiger charge is 2.53. The Balaban J connectivity index is 2.27. The number of aliphatic imine (C=N–C) groups is 1. The Morgan fingerprint density at radius 1 is 1.08 bits per heavy atom. The SMILES string of the molecule is CCN=C1N[C@H]2[C@@H](S1)S[C@H](COC(C)=O)[C@@H](OC(C)=O)[C@@H]2OC(C)=O. The fraction of sp³-hybridized carbons (Fsp3) is 0.733. The van der Waals surface area contributed by atoms with Crippen LogP contribution in [0.3, 0.4) is 0 Å². The molecule has 0 unspecified atom stereocenters. The molecule has 0 amide bonds. The molecule has 8 nitrogen and oxygen atoms in total. The van der Waals surface area contributed by atoms with Crippen molar-refractivity contribution >= 4 is 46.6 Å². The smallest absolute Gasteiger partial charge is 0.303 e. The van der Waals surface area contributed by atoms with E-state index in [0.717, 1.165) is 5.17 Å². The zero-order chi connectivity index (χ0) is 18.6. The van der Waals surface area contributed by atoms with E-state index in [0.29, 0.717) is 6.54 Å². The lowest BCUT2D eigenvalue weighted by Crippen LogP contribution is -2.59. The molecule has 2 saturated heterocycles. The van der Waals surface area contributed by atoms with Gasteiger partial charge < -0.3 is 19.5 Å². The van der Waals surface area contributed by atoms with E-state index >= 15 is 0 Å². The summed E-state index contributed by atoms with van der Waals surface area (Å²) in [4.78, 5) is 38.7. The van der Waals surface area contributed by atoms with E-state index < -0.39 is 30.1 Å². The van der Waals surface area contributed by atoms with Crippen LogP contribution in [0.15, 0.2) is 4.99 Å². The number of ether oxygens (including phenoxy) is 3. The predicted molar refractivity (Wildman–Crippen MR) is 95.4 cm³/mol. The summed E-state index contributed by atoms with van der Waals surface area (Å²) in [6.07, 6.45) is -1.41. The normalized spacial score (nSPS) is 32.5. The lowest BCUT2D eigenvalue weighted by atomic mass is 10.0. The van der Waals surface area contributed by atoms with E-state index in [1.54, 1.807) is 0 Å². The number of esters is 3. The van der Waals surface area contributed by atoms with Crippen molar-refractivity contribution in [2.24, 2.45) is 4.99 Å². The van der Waals surface area contributed by atoms with Gasteiger partial charge in [0.1, 0.15) is 6.61 Å². The molecule has 2 rings (SSSR count). The summed E-state index contributed by atoms with van der Waals surface area (Å²) in [6.45, 7) is 6.55. The van der Waals surface area contributed by atoms with E-state index in [2.05, 4.69) is 10.3 Å². The lowest BCUT2D eigenvalue weighted by Gasteiger charge is -2.41. The predicted octanol–water partition coefficient (Wildman–Crippen LogP) is 0.935. The highest BCUT2D eigenvalue weighted by Crippen LogP contribution is 2.45. The highest BCUT2D eigenvalue weighted by atomic mass is 32.2. The van der Waals surface area contributed by atoms with Gasteiger partial charge in [0.2, 0.25) is 0 Å². The number of amidine groups is 1. The van der Waals surface area contributed by atoms with Crippen LogP contribution in [0.1, 0.15) is 27.7 Å². The van der Waals surface area contributed by atoms with Crippen molar-refractivity contribution in [2.75, 3.05) is 13.2 Å². The van der Waals surface area contributed by atoms with Crippen LogP contribution < -0.4 is 5.32 Å². The van der Waals surface area contributed by atoms with Gasteiger partial charge in [0.25, 0.3) is 0 Å². The van der Waals surface area contributed by atoms with Crippen LogP contribution in [0.25, 0.3) is 0 Å². The van der Waals surface area contributed by atoms with Crippen LogP contribution in [0.5, 0.6) is 0 Å². The van der Waals surface area contributed by atoms with Gasteiger partial charge in [-0.1, -0.05) is 11.8 Å². The second-order valence-electron chi connectivity index (χ2n) is 5.56. The third-order valence-electron chi connectivity index (χ3n) is 3.52. The molecule has 1 N–H and O–H groups in total. The third kappa shape index (κ3) is 5.27. The summed E-state index contributed by atoms with van der Waals surface area (Å²) in [7, 11) is 0. The largest absolute Gasteiger partial charge is 0.465 e. The summed E-state index contributed by atoms with van der Waals surface area (Å²) in [5, 5.41) is 3.68. The van der Waals surface area contributed by atoms with Crippen molar-refractivity contribution in [2.45, 2.75) is 55.8 Å². The maximum Gasteiger partial charge on any atom is 0.303 e. The monoisotopic (exact) mass is 390 g/mol. The molecule has 0 aliphatic carbocycles. The molecule has 2 aliphatic rings. The van der Waals surface area contributed by atoms with E-state index in [9.17, 15) is 14.4 Å². The van der Waals surface area contributed by atoms with Crippen molar-refractivity contribution in [3.8, 4) is 0 Å². The van der Waals surface area contributed by atoms with Crippen LogP contribution in [0, 0.1) is 0 Å². The summed E-state index contributed by atoms with van der Waals surface area (Å²) < 4.78 is 16.0. The summed E-state index contributed by atoms with van der Waals surface area (Å²) in [5.74, 6) is -1.37. The lowest BCUT2D eigenvalue weighted by molar-refractivity contribution is -0.169. The topological polar surface area (TPSA) is 103 Å². The molecule has 0 aromatic heterocycles. The number of thioether (sulfide) groups is 2. The molecular formula is C15H22N2O6S2. The highest BCUT2D eigenvalue weighted by molar-refractivity contribution is 8.25. The second-order valence-corrected chi connectivity index (χ2v) is 8.38. The van der Waals surface area contributed by atoms with Crippen molar-refractivity contribution in [1.82, 2.24) is 5.32 Å². The summed E-state index contributed by atoms with van der Waals surface area (Å²) in [6, 6.07) is -0.248. The first kappa shape index (κ1) is 19.9. The van der Waals surface area contributed by atoms with Crippen LogP contribution in [-0.4, -0.2) is 64.3 Å². The molecule has 2 fully saturated rings. The Morgan fingerprint density at radius 2 is 1.72 bits per heavy atom. The number of hydrogen-bond acceptors (Lipinski definition) is 9. The molecule has 140 valence electrons. The van der Waals surface area contributed by atoms with Crippen LogP contribution in [0.2, 0.25) is 0 Å².